The molecule has 0 spiro atoms. The molecule has 1 N–H and O–H groups in total. The van der Waals surface area contributed by atoms with Gasteiger partial charge in [0.05, 0.1) is 12.1 Å². The minimum atomic E-state index is -0.499. The first-order chi connectivity index (χ1) is 14.9. The van der Waals surface area contributed by atoms with E-state index in [1.807, 2.05) is 0 Å². The number of ether oxygens (including phenoxy) is 1. The van der Waals surface area contributed by atoms with Crippen molar-refractivity contribution in [2.24, 2.45) is 0 Å². The quantitative estimate of drug-likeness (QED) is 0.474. The summed E-state index contributed by atoms with van der Waals surface area (Å²) in [5.41, 5.74) is 0.222. The number of carbonyl (C=O) groups excluding carboxylic acids is 1. The van der Waals surface area contributed by atoms with Crippen LogP contribution in [0.1, 0.15) is 0 Å². The number of amides is 1. The predicted molar refractivity (Wildman–Crippen MR) is 114 cm³/mol. The molecule has 0 radical (unpaired) electrons. The summed E-state index contributed by atoms with van der Waals surface area (Å²) in [5.74, 6) is -0.360. The predicted octanol–water partition coefficient (Wildman–Crippen LogP) is 3.48. The fourth-order valence-electron chi connectivity index (χ4n) is 2.82. The molecule has 0 atom stereocenters. The lowest BCUT2D eigenvalue weighted by atomic mass is 10.3. The molecule has 0 unspecified atom stereocenters. The molecule has 2 heterocycles. The highest BCUT2D eigenvalue weighted by Gasteiger charge is 2.15. The van der Waals surface area contributed by atoms with E-state index in [0.29, 0.717) is 26.4 Å². The minimum Gasteiger partial charge on any atom is -0.495 e. The summed E-state index contributed by atoms with van der Waals surface area (Å²) < 4.78 is 20.9. The molecule has 4 aromatic rings. The zero-order valence-corrected chi connectivity index (χ0v) is 17.7. The Morgan fingerprint density at radius 2 is 2.13 bits per heavy atom. The van der Waals surface area contributed by atoms with E-state index in [2.05, 4.69) is 15.4 Å². The van der Waals surface area contributed by atoms with Gasteiger partial charge in [-0.15, -0.1) is 5.10 Å². The van der Waals surface area contributed by atoms with Crippen molar-refractivity contribution in [3.63, 3.8) is 0 Å². The molecule has 0 aliphatic heterocycles. The second-order valence-electron chi connectivity index (χ2n) is 6.32. The highest BCUT2D eigenvalue weighted by molar-refractivity contribution is 7.99. The van der Waals surface area contributed by atoms with E-state index in [4.69, 9.17) is 16.3 Å². The zero-order valence-electron chi connectivity index (χ0n) is 16.1. The minimum absolute atomic E-state index is 0.266. The van der Waals surface area contributed by atoms with Gasteiger partial charge in [-0.05, 0) is 36.4 Å². The Bertz CT molecular complexity index is 1340. The maximum atomic E-state index is 13.5. The van der Waals surface area contributed by atoms with E-state index in [-0.39, 0.29) is 18.0 Å². The number of nitrogens with one attached hydrogen (secondary N) is 1. The molecule has 0 aliphatic rings. The number of aromatic nitrogens is 4. The van der Waals surface area contributed by atoms with E-state index < -0.39 is 11.6 Å². The van der Waals surface area contributed by atoms with Crippen LogP contribution in [0.3, 0.4) is 0 Å². The van der Waals surface area contributed by atoms with Gasteiger partial charge in [0.1, 0.15) is 23.1 Å². The molecule has 11 heteroatoms. The Balaban J connectivity index is 1.57. The number of carbonyl (C=O) groups is 1. The molecule has 8 nitrogen and oxygen atoms in total. The van der Waals surface area contributed by atoms with Crippen LogP contribution in [-0.4, -0.2) is 32.2 Å². The zero-order chi connectivity index (χ0) is 22.0. The molecule has 1 amide bonds. The standard InChI is InChI=1S/C20H15ClFN5O3S/c1-30-16-6-5-13(10-15(16)21)24-17(28)11-27-20(29)26-8-7-23-19(18(26)25-27)31-14-4-2-3-12(22)9-14/h2-10H,11H2,1H3,(H,24,28). The van der Waals surface area contributed by atoms with Crippen LogP contribution in [0, 0.1) is 5.82 Å². The molecule has 4 rings (SSSR count). The smallest absolute Gasteiger partial charge is 0.350 e. The summed E-state index contributed by atoms with van der Waals surface area (Å²) in [6, 6.07) is 10.8. The van der Waals surface area contributed by atoms with E-state index in [0.717, 1.165) is 4.68 Å². The van der Waals surface area contributed by atoms with Crippen LogP contribution in [0.5, 0.6) is 5.75 Å². The van der Waals surface area contributed by atoms with Gasteiger partial charge in [-0.3, -0.25) is 4.79 Å². The van der Waals surface area contributed by atoms with Crippen molar-refractivity contribution in [1.29, 1.82) is 0 Å². The van der Waals surface area contributed by atoms with Gasteiger partial charge in [-0.2, -0.15) is 0 Å². The molecule has 0 saturated carbocycles. The average molecular weight is 460 g/mol. The molecule has 0 aliphatic carbocycles. The number of methoxy groups -OCH3 is 1. The Labute approximate surface area is 184 Å². The monoisotopic (exact) mass is 459 g/mol. The van der Waals surface area contributed by atoms with E-state index in [9.17, 15) is 14.0 Å². The lowest BCUT2D eigenvalue weighted by Gasteiger charge is -2.07. The first-order valence-electron chi connectivity index (χ1n) is 8.95. The van der Waals surface area contributed by atoms with Crippen molar-refractivity contribution in [1.82, 2.24) is 19.2 Å². The van der Waals surface area contributed by atoms with Gasteiger partial charge < -0.3 is 10.1 Å². The number of fused-ring (bicyclic) bond motifs is 1. The van der Waals surface area contributed by atoms with Gasteiger partial charge in [0.2, 0.25) is 5.91 Å². The molecule has 2 aromatic carbocycles. The fourth-order valence-corrected chi connectivity index (χ4v) is 3.97. The lowest BCUT2D eigenvalue weighted by molar-refractivity contribution is -0.117. The molecule has 0 saturated heterocycles. The van der Waals surface area contributed by atoms with Crippen LogP contribution in [0.2, 0.25) is 5.02 Å². The number of nitrogens with zero attached hydrogens (tertiary/aromatic N) is 4. The first-order valence-corrected chi connectivity index (χ1v) is 10.1. The molecular weight excluding hydrogens is 445 g/mol. The molecule has 0 fully saturated rings. The molecular formula is C20H15ClFN5O3S. The van der Waals surface area contributed by atoms with E-state index in [1.54, 1.807) is 30.3 Å². The van der Waals surface area contributed by atoms with Crippen molar-refractivity contribution in [3.8, 4) is 5.75 Å². The summed E-state index contributed by atoms with van der Waals surface area (Å²) in [6.45, 7) is -0.311. The van der Waals surface area contributed by atoms with Crippen molar-refractivity contribution < 1.29 is 13.9 Å². The molecule has 0 bridgehead atoms. The van der Waals surface area contributed by atoms with Gasteiger partial charge >= 0.3 is 5.69 Å². The van der Waals surface area contributed by atoms with Crippen LogP contribution < -0.4 is 15.7 Å². The normalized spacial score (nSPS) is 10.9. The number of hydrogen-bond donors (Lipinski definition) is 1. The van der Waals surface area contributed by atoms with Crippen LogP contribution >= 0.6 is 23.4 Å². The first kappa shape index (κ1) is 20.9. The number of benzene rings is 2. The van der Waals surface area contributed by atoms with Gasteiger partial charge in [-0.25, -0.2) is 23.3 Å². The second-order valence-corrected chi connectivity index (χ2v) is 7.79. The van der Waals surface area contributed by atoms with Gasteiger partial charge in [-0.1, -0.05) is 29.4 Å². The van der Waals surface area contributed by atoms with Crippen molar-refractivity contribution in [2.45, 2.75) is 16.5 Å². The average Bonchev–Trinajstić information content (AvgIpc) is 3.05. The lowest BCUT2D eigenvalue weighted by Crippen LogP contribution is -2.28. The number of hydrogen-bond acceptors (Lipinski definition) is 6. The van der Waals surface area contributed by atoms with E-state index >= 15 is 0 Å². The van der Waals surface area contributed by atoms with Crippen molar-refractivity contribution in [3.05, 3.63) is 76.2 Å². The van der Waals surface area contributed by atoms with Crippen LogP contribution in [0.4, 0.5) is 10.1 Å². The fraction of sp³-hybridized carbons (Fsp3) is 0.100. The molecule has 2 aromatic heterocycles. The second kappa shape index (κ2) is 8.78. The summed E-state index contributed by atoms with van der Waals surface area (Å²) in [5, 5.41) is 7.66. The number of anilines is 1. The molecule has 31 heavy (non-hydrogen) atoms. The highest BCUT2D eigenvalue weighted by atomic mass is 35.5. The Morgan fingerprint density at radius 1 is 1.29 bits per heavy atom. The third-order valence-electron chi connectivity index (χ3n) is 4.21. The Morgan fingerprint density at radius 3 is 2.87 bits per heavy atom. The number of halogens is 2. The van der Waals surface area contributed by atoms with Crippen LogP contribution in [0.15, 0.2) is 69.6 Å². The van der Waals surface area contributed by atoms with Crippen molar-refractivity contribution >= 4 is 40.6 Å². The maximum absolute atomic E-state index is 13.5. The highest BCUT2D eigenvalue weighted by Crippen LogP contribution is 2.29. The third kappa shape index (κ3) is 4.54. The van der Waals surface area contributed by atoms with Gasteiger partial charge in [0.15, 0.2) is 5.65 Å². The van der Waals surface area contributed by atoms with Gasteiger partial charge in [0.25, 0.3) is 0 Å². The van der Waals surface area contributed by atoms with Crippen molar-refractivity contribution in [2.75, 3.05) is 12.4 Å². The van der Waals surface area contributed by atoms with E-state index in [1.165, 1.54) is 47.8 Å². The Hall–Kier alpha value is -3.37. The third-order valence-corrected chi connectivity index (χ3v) is 5.48. The number of rotatable bonds is 6. The summed E-state index contributed by atoms with van der Waals surface area (Å²) >= 11 is 7.23. The summed E-state index contributed by atoms with van der Waals surface area (Å²) in [7, 11) is 1.49. The SMILES string of the molecule is COc1ccc(NC(=O)Cn2nc3c(Sc4cccc(F)c4)nccn3c2=O)cc1Cl. The van der Waals surface area contributed by atoms with Crippen LogP contribution in [-0.2, 0) is 11.3 Å². The van der Waals surface area contributed by atoms with Gasteiger partial charge in [0, 0.05) is 23.0 Å². The largest absolute Gasteiger partial charge is 0.495 e. The Kier molecular flexibility index (Phi) is 5.92. The van der Waals surface area contributed by atoms with Crippen LogP contribution in [0.25, 0.3) is 5.65 Å². The maximum Gasteiger partial charge on any atom is 0.350 e. The summed E-state index contributed by atoms with van der Waals surface area (Å²) in [6.07, 6.45) is 2.90. The topological polar surface area (TPSA) is 90.5 Å². The molecule has 158 valence electrons. The summed E-state index contributed by atoms with van der Waals surface area (Å²) in [4.78, 5) is 29.9.